The van der Waals surface area contributed by atoms with Gasteiger partial charge in [-0.25, -0.2) is 13.4 Å². The molecule has 1 aliphatic heterocycles. The van der Waals surface area contributed by atoms with Crippen molar-refractivity contribution in [2.24, 2.45) is 0 Å². The fraction of sp³-hybridized carbons (Fsp3) is 0.200. The van der Waals surface area contributed by atoms with Gasteiger partial charge in [-0.05, 0) is 60.8 Å². The Kier molecular flexibility index (Phi) is 6.36. The van der Waals surface area contributed by atoms with Crippen molar-refractivity contribution in [2.45, 2.75) is 18.1 Å². The van der Waals surface area contributed by atoms with E-state index in [9.17, 15) is 13.2 Å². The van der Waals surface area contributed by atoms with Crippen LogP contribution >= 0.6 is 34.5 Å². The molecule has 0 unspecified atom stereocenters. The van der Waals surface area contributed by atoms with Crippen LogP contribution in [-0.2, 0) is 14.6 Å². The van der Waals surface area contributed by atoms with Crippen molar-refractivity contribution in [1.29, 1.82) is 0 Å². The third kappa shape index (κ3) is 4.76. The summed E-state index contributed by atoms with van der Waals surface area (Å²) >= 11 is 13.3. The second kappa shape index (κ2) is 9.23. The maximum absolute atomic E-state index is 13.1. The summed E-state index contributed by atoms with van der Waals surface area (Å²) in [6, 6.07) is 15.2. The van der Waals surface area contributed by atoms with E-state index in [4.69, 9.17) is 32.7 Å². The Morgan fingerprint density at radius 2 is 1.89 bits per heavy atom. The molecule has 0 saturated heterocycles. The van der Waals surface area contributed by atoms with E-state index in [1.807, 2.05) is 0 Å². The van der Waals surface area contributed by atoms with Crippen LogP contribution in [0.25, 0.3) is 10.1 Å². The summed E-state index contributed by atoms with van der Waals surface area (Å²) in [5.74, 6) is 0.908. The van der Waals surface area contributed by atoms with E-state index in [1.165, 1.54) is 23.7 Å². The monoisotopic (exact) mass is 562 g/mol. The molecule has 11 heteroatoms. The molecule has 0 aliphatic carbocycles. The Bertz CT molecular complexity index is 1600. The number of rotatable bonds is 5. The molecule has 5 rings (SSSR count). The van der Waals surface area contributed by atoms with E-state index in [2.05, 4.69) is 10.3 Å². The average molecular weight is 563 g/mol. The van der Waals surface area contributed by atoms with Crippen LogP contribution in [0.5, 0.6) is 17.4 Å². The number of halogens is 2. The van der Waals surface area contributed by atoms with Crippen molar-refractivity contribution in [3.05, 3.63) is 75.2 Å². The van der Waals surface area contributed by atoms with E-state index < -0.39 is 14.6 Å². The lowest BCUT2D eigenvalue weighted by molar-refractivity contribution is 0.103. The van der Waals surface area contributed by atoms with Crippen LogP contribution < -0.4 is 14.8 Å². The van der Waals surface area contributed by atoms with Gasteiger partial charge in [0.05, 0.1) is 11.5 Å². The molecule has 0 saturated carbocycles. The summed E-state index contributed by atoms with van der Waals surface area (Å²) in [6.07, 6.45) is 1.61. The highest BCUT2D eigenvalue weighted by Gasteiger charge is 2.42. The Balaban J connectivity index is 1.42. The number of thiophene rings is 1. The van der Waals surface area contributed by atoms with Gasteiger partial charge < -0.3 is 14.8 Å². The quantitative estimate of drug-likeness (QED) is 0.272. The van der Waals surface area contributed by atoms with Crippen molar-refractivity contribution in [1.82, 2.24) is 4.98 Å². The normalized spacial score (nSPS) is 17.3. The number of fused-ring (bicyclic) bond motifs is 2. The molecule has 0 fully saturated rings. The highest BCUT2D eigenvalue weighted by molar-refractivity contribution is 7.91. The molecular weight excluding hydrogens is 543 g/mol. The Labute approximate surface area is 221 Å². The number of amides is 1. The van der Waals surface area contributed by atoms with Crippen molar-refractivity contribution in [3.63, 3.8) is 0 Å². The number of benzene rings is 2. The first kappa shape index (κ1) is 24.8. The maximum atomic E-state index is 13.1. The first-order valence-electron chi connectivity index (χ1n) is 10.8. The van der Waals surface area contributed by atoms with Gasteiger partial charge in [-0.1, -0.05) is 23.2 Å². The molecule has 7 nitrogen and oxygen atoms in total. The highest BCUT2D eigenvalue weighted by atomic mass is 35.5. The Hall–Kier alpha value is -2.85. The molecule has 2 aromatic heterocycles. The van der Waals surface area contributed by atoms with Crippen LogP contribution in [0.1, 0.15) is 28.6 Å². The lowest BCUT2D eigenvalue weighted by atomic mass is 9.93. The van der Waals surface area contributed by atoms with E-state index in [0.717, 1.165) is 10.1 Å². The second-order valence-electron chi connectivity index (χ2n) is 8.63. The van der Waals surface area contributed by atoms with Gasteiger partial charge in [-0.3, -0.25) is 4.79 Å². The molecule has 186 valence electrons. The number of hydrogen-bond acceptors (Lipinski definition) is 7. The minimum atomic E-state index is -3.38. The van der Waals surface area contributed by atoms with Gasteiger partial charge in [0.1, 0.15) is 21.4 Å². The molecule has 1 atom stereocenters. The summed E-state index contributed by atoms with van der Waals surface area (Å²) in [5.41, 5.74) is 1.02. The minimum Gasteiger partial charge on any atom is -0.493 e. The first-order valence-corrected chi connectivity index (χ1v) is 14.3. The summed E-state index contributed by atoms with van der Waals surface area (Å²) < 4.78 is 36.4. The van der Waals surface area contributed by atoms with Gasteiger partial charge in [0, 0.05) is 39.7 Å². The van der Waals surface area contributed by atoms with E-state index in [0.29, 0.717) is 45.7 Å². The first-order chi connectivity index (χ1) is 17.0. The second-order valence-corrected chi connectivity index (χ2v) is 13.0. The summed E-state index contributed by atoms with van der Waals surface area (Å²) in [4.78, 5) is 17.7. The largest absolute Gasteiger partial charge is 0.493 e. The number of carbonyl (C=O) groups is 1. The van der Waals surface area contributed by atoms with Gasteiger partial charge in [0.2, 0.25) is 5.88 Å². The van der Waals surface area contributed by atoms with Crippen molar-refractivity contribution in [2.75, 3.05) is 18.2 Å². The molecule has 1 N–H and O–H groups in total. The van der Waals surface area contributed by atoms with Gasteiger partial charge in [0.15, 0.2) is 9.84 Å². The highest BCUT2D eigenvalue weighted by Crippen LogP contribution is 2.45. The third-order valence-corrected chi connectivity index (χ3v) is 9.73. The molecule has 0 radical (unpaired) electrons. The number of pyridine rings is 1. The van der Waals surface area contributed by atoms with Gasteiger partial charge in [0.25, 0.3) is 5.91 Å². The fourth-order valence-corrected chi connectivity index (χ4v) is 6.31. The average Bonchev–Trinajstić information content (AvgIpc) is 3.22. The lowest BCUT2D eigenvalue weighted by Crippen LogP contribution is -2.37. The van der Waals surface area contributed by atoms with Gasteiger partial charge >= 0.3 is 0 Å². The predicted molar refractivity (Wildman–Crippen MR) is 143 cm³/mol. The number of nitrogens with zero attached hydrogens (tertiary/aromatic N) is 1. The minimum absolute atomic E-state index is 0.151. The Morgan fingerprint density at radius 1 is 1.14 bits per heavy atom. The van der Waals surface area contributed by atoms with Crippen LogP contribution in [0.2, 0.25) is 10.2 Å². The van der Waals surface area contributed by atoms with Crippen LogP contribution in [0, 0.1) is 0 Å². The number of sulfone groups is 1. The molecule has 1 aliphatic rings. The summed E-state index contributed by atoms with van der Waals surface area (Å²) in [5, 5.41) is 4.32. The topological polar surface area (TPSA) is 94.6 Å². The standard InChI is InChI=1S/C25H20Cl2N2O5S2/c1-25(36(2,31)32)7-8-33-19-13-20-14(9-18(19)25)10-21(35-20)24(30)28-16-11-22(27)29-23(12-16)34-17-5-3-15(26)4-6-17/h3-6,9-13H,7-8H2,1-2H3,(H,28,29,30)/t25-/m1/s1. The molecule has 36 heavy (non-hydrogen) atoms. The molecule has 4 aromatic rings. The SMILES string of the molecule is C[C@@]1(S(C)(=O)=O)CCOc2cc3sc(C(=O)Nc4cc(Cl)nc(Oc5ccc(Cl)cc5)c4)cc3cc21. The molecule has 1 amide bonds. The number of nitrogens with one attached hydrogen (secondary N) is 1. The van der Waals surface area contributed by atoms with E-state index in [-0.39, 0.29) is 16.9 Å². The molecule has 0 bridgehead atoms. The fourth-order valence-electron chi connectivity index (χ4n) is 4.00. The van der Waals surface area contributed by atoms with Crippen LogP contribution in [0.4, 0.5) is 5.69 Å². The van der Waals surface area contributed by atoms with Crippen molar-refractivity contribution in [3.8, 4) is 17.4 Å². The molecular formula is C25H20Cl2N2O5S2. The zero-order valence-corrected chi connectivity index (χ0v) is 22.3. The number of aromatic nitrogens is 1. The third-order valence-electron chi connectivity index (χ3n) is 6.13. The van der Waals surface area contributed by atoms with Crippen LogP contribution in [0.3, 0.4) is 0 Å². The van der Waals surface area contributed by atoms with E-state index >= 15 is 0 Å². The van der Waals surface area contributed by atoms with Gasteiger partial charge in [-0.15, -0.1) is 11.3 Å². The molecule has 3 heterocycles. The van der Waals surface area contributed by atoms with Gasteiger partial charge in [-0.2, -0.15) is 0 Å². The van der Waals surface area contributed by atoms with Crippen LogP contribution in [0.15, 0.2) is 54.6 Å². The van der Waals surface area contributed by atoms with Crippen molar-refractivity contribution >= 4 is 66.1 Å². The van der Waals surface area contributed by atoms with Crippen molar-refractivity contribution < 1.29 is 22.7 Å². The van der Waals surface area contributed by atoms with Crippen LogP contribution in [-0.4, -0.2) is 32.2 Å². The molecule has 0 spiro atoms. The summed E-state index contributed by atoms with van der Waals surface area (Å²) in [7, 11) is -3.38. The predicted octanol–water partition coefficient (Wildman–Crippen LogP) is 6.69. The lowest BCUT2D eigenvalue weighted by Gasteiger charge is -2.34. The maximum Gasteiger partial charge on any atom is 0.265 e. The number of anilines is 1. The smallest absolute Gasteiger partial charge is 0.265 e. The number of carbonyl (C=O) groups excluding carboxylic acids is 1. The molecule has 2 aromatic carbocycles. The van der Waals surface area contributed by atoms with E-state index in [1.54, 1.807) is 55.5 Å². The zero-order valence-electron chi connectivity index (χ0n) is 19.2. The number of hydrogen-bond donors (Lipinski definition) is 1. The number of ether oxygens (including phenoxy) is 2. The Morgan fingerprint density at radius 3 is 2.61 bits per heavy atom. The summed E-state index contributed by atoms with van der Waals surface area (Å²) in [6.45, 7) is 2.02. The zero-order chi connectivity index (χ0) is 25.7.